The van der Waals surface area contributed by atoms with E-state index in [1.807, 2.05) is 43.3 Å². The van der Waals surface area contributed by atoms with Gasteiger partial charge < -0.3 is 19.7 Å². The average molecular weight is 465 g/mol. The Kier molecular flexibility index (Phi) is 7.61. The van der Waals surface area contributed by atoms with Gasteiger partial charge in [-0.2, -0.15) is 5.10 Å². The van der Waals surface area contributed by atoms with E-state index in [4.69, 9.17) is 14.6 Å². The van der Waals surface area contributed by atoms with Gasteiger partial charge in [0.2, 0.25) is 5.91 Å². The summed E-state index contributed by atoms with van der Waals surface area (Å²) < 4.78 is 12.4. The molecule has 8 nitrogen and oxygen atoms in total. The predicted octanol–water partition coefficient (Wildman–Crippen LogP) is 4.29. The van der Waals surface area contributed by atoms with Crippen molar-refractivity contribution in [2.45, 2.75) is 33.1 Å². The van der Waals surface area contributed by atoms with Crippen LogP contribution in [0.1, 0.15) is 43.7 Å². The van der Waals surface area contributed by atoms with Gasteiger partial charge in [-0.25, -0.2) is 4.68 Å². The topological polar surface area (TPSA) is 85.7 Å². The molecule has 180 valence electrons. The highest BCUT2D eigenvalue weighted by atomic mass is 16.5. The zero-order chi connectivity index (χ0) is 24.9. The maximum Gasteiger partial charge on any atom is 0.261 e. The van der Waals surface area contributed by atoms with Crippen LogP contribution >= 0.6 is 0 Å². The van der Waals surface area contributed by atoms with Gasteiger partial charge in [-0.1, -0.05) is 45.0 Å². The molecule has 8 heteroatoms. The molecule has 1 N–H and O–H groups in total. The molecule has 0 spiro atoms. The standard InChI is InChI=1S/C26H32N4O4/c1-7-29(25(32)24-19(33-5)14-11-15-20(24)34-6)17-23(31)27-22-16-21(26(2,3)4)28-30(22)18-12-9-8-10-13-18/h8-16H,7,17H2,1-6H3,(H,27,31). The first-order valence-electron chi connectivity index (χ1n) is 11.2. The second-order valence-electron chi connectivity index (χ2n) is 8.82. The number of carbonyl (C=O) groups excluding carboxylic acids is 2. The van der Waals surface area contributed by atoms with Crippen LogP contribution in [0.3, 0.4) is 0 Å². The Balaban J connectivity index is 1.87. The number of nitrogens with one attached hydrogen (secondary N) is 1. The predicted molar refractivity (Wildman–Crippen MR) is 132 cm³/mol. The summed E-state index contributed by atoms with van der Waals surface area (Å²) >= 11 is 0. The molecule has 3 aromatic rings. The average Bonchev–Trinajstić information content (AvgIpc) is 3.26. The van der Waals surface area contributed by atoms with Gasteiger partial charge in [-0.15, -0.1) is 0 Å². The number of likely N-dealkylation sites (N-methyl/N-ethyl adjacent to an activating group) is 1. The molecule has 0 fully saturated rings. The van der Waals surface area contributed by atoms with E-state index in [0.29, 0.717) is 23.9 Å². The highest BCUT2D eigenvalue weighted by Gasteiger charge is 2.26. The number of nitrogens with zero attached hydrogens (tertiary/aromatic N) is 3. The number of hydrogen-bond acceptors (Lipinski definition) is 5. The minimum Gasteiger partial charge on any atom is -0.496 e. The summed E-state index contributed by atoms with van der Waals surface area (Å²) in [6.07, 6.45) is 0. The molecule has 3 rings (SSSR count). The molecule has 0 aliphatic carbocycles. The van der Waals surface area contributed by atoms with Gasteiger partial charge in [-0.05, 0) is 31.2 Å². The fourth-order valence-corrected chi connectivity index (χ4v) is 3.51. The highest BCUT2D eigenvalue weighted by Crippen LogP contribution is 2.30. The van der Waals surface area contributed by atoms with E-state index in [1.54, 1.807) is 22.9 Å². The van der Waals surface area contributed by atoms with E-state index >= 15 is 0 Å². The Bertz CT molecular complexity index is 1130. The number of rotatable bonds is 8. The van der Waals surface area contributed by atoms with Crippen molar-refractivity contribution < 1.29 is 19.1 Å². The first-order valence-corrected chi connectivity index (χ1v) is 11.2. The van der Waals surface area contributed by atoms with Gasteiger partial charge >= 0.3 is 0 Å². The molecule has 0 unspecified atom stereocenters. The van der Waals surface area contributed by atoms with Crippen LogP contribution in [-0.2, 0) is 10.2 Å². The van der Waals surface area contributed by atoms with Crippen molar-refractivity contribution in [1.29, 1.82) is 0 Å². The molecule has 0 saturated carbocycles. The summed E-state index contributed by atoms with van der Waals surface area (Å²) in [7, 11) is 2.98. The third-order valence-corrected chi connectivity index (χ3v) is 5.39. The van der Waals surface area contributed by atoms with Crippen LogP contribution in [-0.4, -0.2) is 53.8 Å². The van der Waals surface area contributed by atoms with Crippen LogP contribution in [0.15, 0.2) is 54.6 Å². The van der Waals surface area contributed by atoms with E-state index in [-0.39, 0.29) is 29.3 Å². The van der Waals surface area contributed by atoms with Gasteiger partial charge in [0.05, 0.1) is 25.6 Å². The third-order valence-electron chi connectivity index (χ3n) is 5.39. The van der Waals surface area contributed by atoms with Crippen molar-refractivity contribution in [2.75, 3.05) is 32.6 Å². The van der Waals surface area contributed by atoms with Gasteiger partial charge in [0.25, 0.3) is 5.91 Å². The summed E-state index contributed by atoms with van der Waals surface area (Å²) in [5, 5.41) is 7.66. The number of hydrogen-bond donors (Lipinski definition) is 1. The molecular formula is C26H32N4O4. The Morgan fingerprint density at radius 3 is 2.15 bits per heavy atom. The Morgan fingerprint density at radius 1 is 1.00 bits per heavy atom. The molecule has 0 saturated heterocycles. The number of para-hydroxylation sites is 1. The summed E-state index contributed by atoms with van der Waals surface area (Å²) in [4.78, 5) is 27.8. The summed E-state index contributed by atoms with van der Waals surface area (Å²) in [6.45, 7) is 8.20. The van der Waals surface area contributed by atoms with Gasteiger partial charge in [0, 0.05) is 18.0 Å². The van der Waals surface area contributed by atoms with E-state index in [9.17, 15) is 9.59 Å². The van der Waals surface area contributed by atoms with Crippen LogP contribution in [0, 0.1) is 0 Å². The smallest absolute Gasteiger partial charge is 0.261 e. The summed E-state index contributed by atoms with van der Waals surface area (Å²) in [5.74, 6) is 0.639. The Hall–Kier alpha value is -3.81. The first kappa shape index (κ1) is 24.8. The molecule has 0 atom stereocenters. The fraction of sp³-hybridized carbons (Fsp3) is 0.346. The lowest BCUT2D eigenvalue weighted by Crippen LogP contribution is -2.38. The monoisotopic (exact) mass is 464 g/mol. The fourth-order valence-electron chi connectivity index (χ4n) is 3.51. The lowest BCUT2D eigenvalue weighted by molar-refractivity contribution is -0.116. The van der Waals surface area contributed by atoms with Crippen molar-refractivity contribution in [3.63, 3.8) is 0 Å². The Morgan fingerprint density at radius 2 is 1.62 bits per heavy atom. The number of carbonyl (C=O) groups is 2. The maximum atomic E-state index is 13.3. The van der Waals surface area contributed by atoms with Gasteiger partial charge in [-0.3, -0.25) is 9.59 Å². The minimum absolute atomic E-state index is 0.138. The molecule has 0 aliphatic heterocycles. The molecule has 0 radical (unpaired) electrons. The number of methoxy groups -OCH3 is 2. The molecule has 1 heterocycles. The molecule has 1 aromatic heterocycles. The SMILES string of the molecule is CCN(CC(=O)Nc1cc(C(C)(C)C)nn1-c1ccccc1)C(=O)c1c(OC)cccc1OC. The van der Waals surface area contributed by atoms with Crippen molar-refractivity contribution in [2.24, 2.45) is 0 Å². The van der Waals surface area contributed by atoms with Crippen LogP contribution in [0.4, 0.5) is 5.82 Å². The lowest BCUT2D eigenvalue weighted by atomic mass is 9.92. The largest absolute Gasteiger partial charge is 0.496 e. The summed E-state index contributed by atoms with van der Waals surface area (Å²) in [5.41, 5.74) is 1.75. The molecule has 2 aromatic carbocycles. The zero-order valence-corrected chi connectivity index (χ0v) is 20.6. The third kappa shape index (κ3) is 5.39. The second kappa shape index (κ2) is 10.4. The van der Waals surface area contributed by atoms with E-state index < -0.39 is 0 Å². The Labute approximate surface area is 200 Å². The molecule has 0 aliphatic rings. The van der Waals surface area contributed by atoms with Crippen molar-refractivity contribution in [1.82, 2.24) is 14.7 Å². The van der Waals surface area contributed by atoms with Crippen molar-refractivity contribution in [3.05, 3.63) is 65.9 Å². The summed E-state index contributed by atoms with van der Waals surface area (Å²) in [6, 6.07) is 16.6. The van der Waals surface area contributed by atoms with Crippen LogP contribution in [0.2, 0.25) is 0 Å². The van der Waals surface area contributed by atoms with Crippen LogP contribution < -0.4 is 14.8 Å². The molecule has 0 bridgehead atoms. The highest BCUT2D eigenvalue weighted by molar-refractivity contribution is 6.02. The number of ether oxygens (including phenoxy) is 2. The normalized spacial score (nSPS) is 11.1. The van der Waals surface area contributed by atoms with Gasteiger partial charge in [0.1, 0.15) is 29.4 Å². The molecule has 2 amide bonds. The molecular weight excluding hydrogens is 432 g/mol. The van der Waals surface area contributed by atoms with E-state index in [1.165, 1.54) is 19.1 Å². The number of anilines is 1. The number of amides is 2. The van der Waals surface area contributed by atoms with E-state index in [2.05, 4.69) is 26.1 Å². The van der Waals surface area contributed by atoms with Crippen LogP contribution in [0.25, 0.3) is 5.69 Å². The second-order valence-corrected chi connectivity index (χ2v) is 8.82. The quantitative estimate of drug-likeness (QED) is 0.538. The van der Waals surface area contributed by atoms with Crippen molar-refractivity contribution >= 4 is 17.6 Å². The van der Waals surface area contributed by atoms with E-state index in [0.717, 1.165) is 11.4 Å². The minimum atomic E-state index is -0.348. The first-order chi connectivity index (χ1) is 16.2. The molecule has 34 heavy (non-hydrogen) atoms. The number of benzene rings is 2. The van der Waals surface area contributed by atoms with Gasteiger partial charge in [0.15, 0.2) is 0 Å². The van der Waals surface area contributed by atoms with Crippen molar-refractivity contribution in [3.8, 4) is 17.2 Å². The van der Waals surface area contributed by atoms with Crippen LogP contribution in [0.5, 0.6) is 11.5 Å². The zero-order valence-electron chi connectivity index (χ0n) is 20.6. The lowest BCUT2D eigenvalue weighted by Gasteiger charge is -2.22. The maximum absolute atomic E-state index is 13.3. The number of aromatic nitrogens is 2.